The summed E-state index contributed by atoms with van der Waals surface area (Å²) in [6.45, 7) is 0. The van der Waals surface area contributed by atoms with Crippen molar-refractivity contribution in [3.05, 3.63) is 33.0 Å². The van der Waals surface area contributed by atoms with Crippen LogP contribution >= 0.6 is 27.5 Å². The summed E-state index contributed by atoms with van der Waals surface area (Å²) < 4.78 is 14.9. The summed E-state index contributed by atoms with van der Waals surface area (Å²) in [5.41, 5.74) is 0.692. The predicted molar refractivity (Wildman–Crippen MR) is 77.5 cm³/mol. The molecule has 0 radical (unpaired) electrons. The van der Waals surface area contributed by atoms with Crippen molar-refractivity contribution in [2.45, 2.75) is 38.1 Å². The summed E-state index contributed by atoms with van der Waals surface area (Å²) in [6.07, 6.45) is 6.12. The molecule has 1 unspecified atom stereocenters. The van der Waals surface area contributed by atoms with Crippen LogP contribution in [0.2, 0.25) is 5.02 Å². The zero-order chi connectivity index (χ0) is 13.1. The summed E-state index contributed by atoms with van der Waals surface area (Å²) in [7, 11) is 1.90. The minimum absolute atomic E-state index is 0.0656. The van der Waals surface area contributed by atoms with E-state index in [1.54, 1.807) is 0 Å². The maximum absolute atomic E-state index is 14.3. The molecule has 1 aliphatic carbocycles. The highest BCUT2D eigenvalue weighted by molar-refractivity contribution is 9.10. The van der Waals surface area contributed by atoms with Crippen LogP contribution in [0.4, 0.5) is 4.39 Å². The lowest BCUT2D eigenvalue weighted by atomic mass is 9.81. The molecule has 1 atom stereocenters. The van der Waals surface area contributed by atoms with Gasteiger partial charge in [0.2, 0.25) is 0 Å². The third-order valence-corrected chi connectivity index (χ3v) is 5.09. The van der Waals surface area contributed by atoms with Gasteiger partial charge in [-0.25, -0.2) is 4.39 Å². The van der Waals surface area contributed by atoms with E-state index in [1.165, 1.54) is 32.1 Å². The van der Waals surface area contributed by atoms with E-state index in [1.807, 2.05) is 19.2 Å². The molecule has 1 N–H and O–H groups in total. The van der Waals surface area contributed by atoms with E-state index in [0.29, 0.717) is 16.0 Å². The van der Waals surface area contributed by atoms with Crippen molar-refractivity contribution >= 4 is 27.5 Å². The lowest BCUT2D eigenvalue weighted by molar-refractivity contribution is 0.277. The summed E-state index contributed by atoms with van der Waals surface area (Å²) in [6, 6.07) is 3.73. The van der Waals surface area contributed by atoms with Gasteiger partial charge in [-0.2, -0.15) is 0 Å². The maximum Gasteiger partial charge on any atom is 0.147 e. The Hall–Kier alpha value is -0.120. The van der Waals surface area contributed by atoms with Crippen LogP contribution in [0.5, 0.6) is 0 Å². The van der Waals surface area contributed by atoms with Gasteiger partial charge in [0.1, 0.15) is 5.82 Å². The highest BCUT2D eigenvalue weighted by atomic mass is 79.9. The molecule has 18 heavy (non-hydrogen) atoms. The Labute approximate surface area is 121 Å². The van der Waals surface area contributed by atoms with Crippen LogP contribution in [-0.4, -0.2) is 7.05 Å². The molecule has 0 bridgehead atoms. The molecule has 1 saturated carbocycles. The normalized spacial score (nSPS) is 18.9. The number of nitrogens with one attached hydrogen (secondary N) is 1. The van der Waals surface area contributed by atoms with Crippen LogP contribution in [0, 0.1) is 11.7 Å². The largest absolute Gasteiger partial charge is 0.313 e. The quantitative estimate of drug-likeness (QED) is 0.760. The Balaban J connectivity index is 2.29. The Morgan fingerprint density at radius 1 is 1.33 bits per heavy atom. The van der Waals surface area contributed by atoms with Gasteiger partial charge in [0.05, 0.1) is 5.02 Å². The van der Waals surface area contributed by atoms with Gasteiger partial charge in [0.25, 0.3) is 0 Å². The fourth-order valence-corrected chi connectivity index (χ4v) is 3.37. The van der Waals surface area contributed by atoms with Gasteiger partial charge in [0, 0.05) is 16.1 Å². The Bertz CT molecular complexity index is 419. The minimum atomic E-state index is -0.295. The van der Waals surface area contributed by atoms with Gasteiger partial charge in [-0.15, -0.1) is 0 Å². The molecule has 0 aliphatic heterocycles. The first kappa shape index (κ1) is 14.3. The smallest absolute Gasteiger partial charge is 0.147 e. The monoisotopic (exact) mass is 333 g/mol. The molecule has 2 rings (SSSR count). The second-order valence-corrected chi connectivity index (χ2v) is 6.16. The van der Waals surface area contributed by atoms with Crippen molar-refractivity contribution in [3.63, 3.8) is 0 Å². The maximum atomic E-state index is 14.3. The van der Waals surface area contributed by atoms with E-state index < -0.39 is 0 Å². The number of rotatable bonds is 3. The fraction of sp³-hybridized carbons (Fsp3) is 0.571. The van der Waals surface area contributed by atoms with Crippen LogP contribution in [0.15, 0.2) is 16.6 Å². The lowest BCUT2D eigenvalue weighted by Crippen LogP contribution is -2.27. The zero-order valence-corrected chi connectivity index (χ0v) is 12.8. The average molecular weight is 335 g/mol. The van der Waals surface area contributed by atoms with E-state index in [-0.39, 0.29) is 16.9 Å². The lowest BCUT2D eigenvalue weighted by Gasteiger charge is -2.30. The molecule has 1 nitrogen and oxygen atoms in total. The summed E-state index contributed by atoms with van der Waals surface area (Å²) in [5, 5.41) is 3.45. The molecule has 100 valence electrons. The first-order valence-electron chi connectivity index (χ1n) is 6.45. The summed E-state index contributed by atoms with van der Waals surface area (Å²) >= 11 is 9.23. The van der Waals surface area contributed by atoms with Crippen molar-refractivity contribution in [3.8, 4) is 0 Å². The van der Waals surface area contributed by atoms with E-state index in [0.717, 1.165) is 0 Å². The van der Waals surface area contributed by atoms with Crippen molar-refractivity contribution in [2.24, 2.45) is 5.92 Å². The van der Waals surface area contributed by atoms with Gasteiger partial charge in [-0.05, 0) is 47.8 Å². The Morgan fingerprint density at radius 3 is 2.61 bits per heavy atom. The van der Waals surface area contributed by atoms with E-state index >= 15 is 0 Å². The van der Waals surface area contributed by atoms with Crippen LogP contribution in [0.3, 0.4) is 0 Å². The van der Waals surface area contributed by atoms with Crippen molar-refractivity contribution < 1.29 is 4.39 Å². The van der Waals surface area contributed by atoms with Crippen LogP contribution in [-0.2, 0) is 0 Å². The van der Waals surface area contributed by atoms with Gasteiger partial charge in [-0.1, -0.05) is 36.9 Å². The molecular formula is C14H18BrClFN. The predicted octanol–water partition coefficient (Wildman–Crippen LogP) is 5.08. The molecule has 0 amide bonds. The van der Waals surface area contributed by atoms with Gasteiger partial charge < -0.3 is 5.32 Å². The number of hydrogen-bond acceptors (Lipinski definition) is 1. The average Bonchev–Trinajstić information content (AvgIpc) is 2.41. The first-order valence-corrected chi connectivity index (χ1v) is 7.63. The van der Waals surface area contributed by atoms with E-state index in [2.05, 4.69) is 21.2 Å². The summed E-state index contributed by atoms with van der Waals surface area (Å²) in [5.74, 6) is 0.214. The van der Waals surface area contributed by atoms with Crippen LogP contribution in [0.1, 0.15) is 43.7 Å². The van der Waals surface area contributed by atoms with E-state index in [9.17, 15) is 4.39 Å². The molecule has 0 spiro atoms. The minimum Gasteiger partial charge on any atom is -0.313 e. The van der Waals surface area contributed by atoms with Crippen molar-refractivity contribution in [1.29, 1.82) is 0 Å². The third kappa shape index (κ3) is 2.89. The Kier molecular flexibility index (Phi) is 5.05. The van der Waals surface area contributed by atoms with Gasteiger partial charge in [0.15, 0.2) is 0 Å². The molecular weight excluding hydrogens is 317 g/mol. The SMILES string of the molecule is CNC(c1ccc(Br)c(Cl)c1F)C1CCCCC1. The highest BCUT2D eigenvalue weighted by Crippen LogP contribution is 2.38. The van der Waals surface area contributed by atoms with Gasteiger partial charge in [-0.3, -0.25) is 0 Å². The number of benzene rings is 1. The molecule has 1 aromatic carbocycles. The van der Waals surface area contributed by atoms with Gasteiger partial charge >= 0.3 is 0 Å². The number of hydrogen-bond donors (Lipinski definition) is 1. The van der Waals surface area contributed by atoms with Crippen molar-refractivity contribution in [1.82, 2.24) is 5.32 Å². The summed E-state index contributed by atoms with van der Waals surface area (Å²) in [4.78, 5) is 0. The highest BCUT2D eigenvalue weighted by Gasteiger charge is 2.27. The second kappa shape index (κ2) is 6.36. The fourth-order valence-electron chi connectivity index (χ4n) is 2.89. The topological polar surface area (TPSA) is 12.0 Å². The van der Waals surface area contributed by atoms with E-state index in [4.69, 9.17) is 11.6 Å². The molecule has 0 heterocycles. The second-order valence-electron chi connectivity index (χ2n) is 4.93. The molecule has 0 saturated heterocycles. The Morgan fingerprint density at radius 2 is 2.00 bits per heavy atom. The first-order chi connectivity index (χ1) is 8.65. The molecule has 1 aromatic rings. The van der Waals surface area contributed by atoms with Crippen molar-refractivity contribution in [2.75, 3.05) is 7.05 Å². The zero-order valence-electron chi connectivity index (χ0n) is 10.5. The van der Waals surface area contributed by atoms with Crippen LogP contribution in [0.25, 0.3) is 0 Å². The number of halogens is 3. The molecule has 0 aromatic heterocycles. The van der Waals surface area contributed by atoms with Crippen LogP contribution < -0.4 is 5.32 Å². The third-order valence-electron chi connectivity index (χ3n) is 3.83. The molecule has 1 aliphatic rings. The standard InChI is InChI=1S/C14H18BrClFN/c1-18-14(9-5-3-2-4-6-9)10-7-8-11(15)12(16)13(10)17/h7-9,14,18H,2-6H2,1H3. The molecule has 1 fully saturated rings. The molecule has 4 heteroatoms.